The van der Waals surface area contributed by atoms with Crippen LogP contribution in [0.5, 0.6) is 0 Å². The minimum atomic E-state index is -0.816. The molecule has 8 nitrogen and oxygen atoms in total. The summed E-state index contributed by atoms with van der Waals surface area (Å²) in [7, 11) is 1.97. The van der Waals surface area contributed by atoms with Crippen LogP contribution in [0.1, 0.15) is 27.1 Å². The molecule has 2 aromatic carbocycles. The monoisotopic (exact) mass is 409 g/mol. The molecule has 2 aromatic rings. The number of benzene rings is 2. The van der Waals surface area contributed by atoms with Crippen molar-refractivity contribution in [1.29, 1.82) is 0 Å². The van der Waals surface area contributed by atoms with Crippen molar-refractivity contribution < 1.29 is 23.9 Å². The fourth-order valence-corrected chi connectivity index (χ4v) is 3.11. The average Bonchev–Trinajstić information content (AvgIpc) is 3.01. The highest BCUT2D eigenvalue weighted by Gasteiger charge is 2.36. The van der Waals surface area contributed by atoms with E-state index >= 15 is 0 Å². The van der Waals surface area contributed by atoms with Crippen LogP contribution in [0.4, 0.5) is 5.69 Å². The SMILES string of the molecule is CN(CCCNC(=O)COC(=O)CN1C(=O)c2ccccc2C1=O)c1ccccc1. The van der Waals surface area contributed by atoms with Crippen molar-refractivity contribution >= 4 is 29.4 Å². The second kappa shape index (κ2) is 9.69. The van der Waals surface area contributed by atoms with Gasteiger partial charge in [0.05, 0.1) is 11.1 Å². The Balaban J connectivity index is 1.35. The van der Waals surface area contributed by atoms with Crippen LogP contribution >= 0.6 is 0 Å². The van der Waals surface area contributed by atoms with E-state index in [-0.39, 0.29) is 11.1 Å². The Labute approximate surface area is 174 Å². The molecule has 8 heteroatoms. The predicted octanol–water partition coefficient (Wildman–Crippen LogP) is 1.47. The first kappa shape index (κ1) is 21.0. The number of imide groups is 1. The number of carbonyl (C=O) groups excluding carboxylic acids is 4. The molecule has 0 saturated carbocycles. The molecule has 0 radical (unpaired) electrons. The lowest BCUT2D eigenvalue weighted by Crippen LogP contribution is -2.37. The van der Waals surface area contributed by atoms with E-state index in [2.05, 4.69) is 10.2 Å². The maximum Gasteiger partial charge on any atom is 0.326 e. The summed E-state index contributed by atoms with van der Waals surface area (Å²) in [6.07, 6.45) is 0.722. The molecule has 0 fully saturated rings. The molecule has 0 aliphatic carbocycles. The highest BCUT2D eigenvalue weighted by molar-refractivity contribution is 6.22. The van der Waals surface area contributed by atoms with E-state index in [1.54, 1.807) is 12.1 Å². The third-order valence-electron chi connectivity index (χ3n) is 4.72. The minimum Gasteiger partial charge on any atom is -0.454 e. The Hall–Kier alpha value is -3.68. The summed E-state index contributed by atoms with van der Waals surface area (Å²) in [6, 6.07) is 16.2. The van der Waals surface area contributed by atoms with Crippen LogP contribution in [0, 0.1) is 0 Å². The van der Waals surface area contributed by atoms with Crippen molar-refractivity contribution in [3.8, 4) is 0 Å². The number of amides is 3. The van der Waals surface area contributed by atoms with Crippen LogP contribution in [-0.2, 0) is 14.3 Å². The van der Waals surface area contributed by atoms with E-state index in [0.29, 0.717) is 6.54 Å². The van der Waals surface area contributed by atoms with Crippen molar-refractivity contribution in [3.63, 3.8) is 0 Å². The summed E-state index contributed by atoms with van der Waals surface area (Å²) in [4.78, 5) is 51.2. The lowest BCUT2D eigenvalue weighted by atomic mass is 10.1. The number of esters is 1. The summed E-state index contributed by atoms with van der Waals surface area (Å²) in [6.45, 7) is 0.202. The van der Waals surface area contributed by atoms with Gasteiger partial charge in [0, 0.05) is 25.8 Å². The van der Waals surface area contributed by atoms with Crippen LogP contribution < -0.4 is 10.2 Å². The van der Waals surface area contributed by atoms with Gasteiger partial charge in [-0.3, -0.25) is 24.1 Å². The highest BCUT2D eigenvalue weighted by atomic mass is 16.5. The molecule has 3 rings (SSSR count). The maximum atomic E-state index is 12.2. The molecule has 1 aliphatic rings. The van der Waals surface area contributed by atoms with Crippen molar-refractivity contribution in [1.82, 2.24) is 10.2 Å². The Morgan fingerprint density at radius 3 is 2.20 bits per heavy atom. The smallest absolute Gasteiger partial charge is 0.326 e. The zero-order chi connectivity index (χ0) is 21.5. The molecule has 156 valence electrons. The summed E-state index contributed by atoms with van der Waals surface area (Å²) < 4.78 is 4.90. The molecule has 0 atom stereocenters. The molecule has 0 aromatic heterocycles. The molecule has 0 bridgehead atoms. The number of nitrogens with zero attached hydrogens (tertiary/aromatic N) is 2. The van der Waals surface area contributed by atoms with E-state index in [1.165, 1.54) is 12.1 Å². The fraction of sp³-hybridized carbons (Fsp3) is 0.273. The normalized spacial score (nSPS) is 12.5. The van der Waals surface area contributed by atoms with Crippen LogP contribution in [0.2, 0.25) is 0 Å². The third kappa shape index (κ3) is 5.02. The molecule has 30 heavy (non-hydrogen) atoms. The van der Waals surface area contributed by atoms with Gasteiger partial charge in [0.25, 0.3) is 17.7 Å². The fourth-order valence-electron chi connectivity index (χ4n) is 3.11. The molecule has 1 heterocycles. The van der Waals surface area contributed by atoms with Crippen molar-refractivity contribution in [2.45, 2.75) is 6.42 Å². The Kier molecular flexibility index (Phi) is 6.79. The van der Waals surface area contributed by atoms with Gasteiger partial charge in [0.1, 0.15) is 6.54 Å². The molecular formula is C22H23N3O5. The Bertz CT molecular complexity index is 910. The number of para-hydroxylation sites is 1. The number of hydrogen-bond acceptors (Lipinski definition) is 6. The zero-order valence-electron chi connectivity index (χ0n) is 16.7. The summed E-state index contributed by atoms with van der Waals surface area (Å²) in [5.41, 5.74) is 1.60. The van der Waals surface area contributed by atoms with E-state index < -0.39 is 36.8 Å². The first-order valence-corrected chi connectivity index (χ1v) is 9.61. The number of hydrogen-bond donors (Lipinski definition) is 1. The quantitative estimate of drug-likeness (QED) is 0.383. The second-order valence-electron chi connectivity index (χ2n) is 6.86. The molecule has 1 N–H and O–H groups in total. The van der Waals surface area contributed by atoms with Crippen LogP contribution in [0.15, 0.2) is 54.6 Å². The molecular weight excluding hydrogens is 386 g/mol. The Morgan fingerprint density at radius 1 is 0.967 bits per heavy atom. The first-order chi connectivity index (χ1) is 14.5. The average molecular weight is 409 g/mol. The first-order valence-electron chi connectivity index (χ1n) is 9.61. The van der Waals surface area contributed by atoms with Crippen molar-refractivity contribution in [2.75, 3.05) is 38.2 Å². The van der Waals surface area contributed by atoms with Gasteiger partial charge in [-0.1, -0.05) is 30.3 Å². The van der Waals surface area contributed by atoms with E-state index in [4.69, 9.17) is 4.74 Å². The second-order valence-corrected chi connectivity index (χ2v) is 6.86. The Morgan fingerprint density at radius 2 is 1.57 bits per heavy atom. The number of nitrogens with one attached hydrogen (secondary N) is 1. The molecule has 0 unspecified atom stereocenters. The van der Waals surface area contributed by atoms with Crippen molar-refractivity contribution in [2.24, 2.45) is 0 Å². The topological polar surface area (TPSA) is 96.0 Å². The van der Waals surface area contributed by atoms with Gasteiger partial charge < -0.3 is 15.0 Å². The standard InChI is InChI=1S/C22H23N3O5/c1-24(16-8-3-2-4-9-16)13-7-12-23-19(26)15-30-20(27)14-25-21(28)17-10-5-6-11-18(17)22(25)29/h2-6,8-11H,7,12-15H2,1H3,(H,23,26). The maximum absolute atomic E-state index is 12.2. The lowest BCUT2D eigenvalue weighted by molar-refractivity contribution is -0.148. The number of carbonyl (C=O) groups is 4. The highest BCUT2D eigenvalue weighted by Crippen LogP contribution is 2.22. The van der Waals surface area contributed by atoms with E-state index in [1.807, 2.05) is 37.4 Å². The lowest BCUT2D eigenvalue weighted by Gasteiger charge is -2.19. The minimum absolute atomic E-state index is 0.258. The van der Waals surface area contributed by atoms with Gasteiger partial charge in [-0.05, 0) is 30.7 Å². The van der Waals surface area contributed by atoms with Crippen molar-refractivity contribution in [3.05, 3.63) is 65.7 Å². The molecule has 0 saturated heterocycles. The van der Waals surface area contributed by atoms with Crippen LogP contribution in [-0.4, -0.2) is 61.9 Å². The molecule has 1 aliphatic heterocycles. The third-order valence-corrected chi connectivity index (χ3v) is 4.72. The number of rotatable bonds is 9. The number of ether oxygens (including phenoxy) is 1. The summed E-state index contributed by atoms with van der Waals surface area (Å²) in [5.74, 6) is -2.34. The van der Waals surface area contributed by atoms with Crippen LogP contribution in [0.25, 0.3) is 0 Å². The van der Waals surface area contributed by atoms with Crippen LogP contribution in [0.3, 0.4) is 0 Å². The van der Waals surface area contributed by atoms with E-state index in [0.717, 1.165) is 23.6 Å². The van der Waals surface area contributed by atoms with Gasteiger partial charge in [-0.2, -0.15) is 0 Å². The molecule has 3 amide bonds. The predicted molar refractivity (Wildman–Crippen MR) is 110 cm³/mol. The summed E-state index contributed by atoms with van der Waals surface area (Å²) >= 11 is 0. The zero-order valence-corrected chi connectivity index (χ0v) is 16.7. The number of anilines is 1. The van der Waals surface area contributed by atoms with Gasteiger partial charge in [-0.25, -0.2) is 0 Å². The van der Waals surface area contributed by atoms with Gasteiger partial charge >= 0.3 is 5.97 Å². The van der Waals surface area contributed by atoms with E-state index in [9.17, 15) is 19.2 Å². The largest absolute Gasteiger partial charge is 0.454 e. The van der Waals surface area contributed by atoms with Gasteiger partial charge in [0.2, 0.25) is 0 Å². The number of fused-ring (bicyclic) bond motifs is 1. The summed E-state index contributed by atoms with van der Waals surface area (Å²) in [5, 5.41) is 2.68. The van der Waals surface area contributed by atoms with Gasteiger partial charge in [-0.15, -0.1) is 0 Å². The molecule has 0 spiro atoms. The van der Waals surface area contributed by atoms with Gasteiger partial charge in [0.15, 0.2) is 6.61 Å².